The molecule has 1 aromatic carbocycles. The van der Waals surface area contributed by atoms with Gasteiger partial charge in [0.2, 0.25) is 5.95 Å². The van der Waals surface area contributed by atoms with Crippen molar-refractivity contribution in [2.75, 3.05) is 18.4 Å². The minimum atomic E-state index is 0.278. The van der Waals surface area contributed by atoms with Crippen LogP contribution in [0.4, 0.5) is 5.95 Å². The molecule has 3 rings (SSSR count). The van der Waals surface area contributed by atoms with Gasteiger partial charge in [-0.2, -0.15) is 10.1 Å². The number of rotatable bonds is 4. The molecule has 0 aliphatic carbocycles. The molecule has 21 heavy (non-hydrogen) atoms. The van der Waals surface area contributed by atoms with Gasteiger partial charge in [-0.3, -0.25) is 0 Å². The van der Waals surface area contributed by atoms with E-state index in [2.05, 4.69) is 47.0 Å². The Morgan fingerprint density at radius 3 is 3.05 bits per heavy atom. The van der Waals surface area contributed by atoms with Crippen molar-refractivity contribution in [2.45, 2.75) is 39.2 Å². The van der Waals surface area contributed by atoms with Crippen LogP contribution in [-0.2, 0) is 6.42 Å². The fraction of sp³-hybridized carbons (Fsp3) is 0.500. The van der Waals surface area contributed by atoms with Crippen LogP contribution in [0.5, 0.6) is 0 Å². The molecule has 112 valence electrons. The molecule has 1 atom stereocenters. The molecule has 1 aromatic heterocycles. The Bertz CT molecular complexity index is 632. The minimum Gasteiger partial charge on any atom is -0.354 e. The Kier molecular flexibility index (Phi) is 3.92. The van der Waals surface area contributed by atoms with Crippen LogP contribution in [0.25, 0.3) is 0 Å². The van der Waals surface area contributed by atoms with E-state index in [1.807, 2.05) is 0 Å². The van der Waals surface area contributed by atoms with Gasteiger partial charge in [0, 0.05) is 13.0 Å². The van der Waals surface area contributed by atoms with E-state index in [-0.39, 0.29) is 6.04 Å². The Morgan fingerprint density at radius 2 is 2.24 bits per heavy atom. The summed E-state index contributed by atoms with van der Waals surface area (Å²) in [7, 11) is 0. The van der Waals surface area contributed by atoms with Crippen molar-refractivity contribution in [3.05, 3.63) is 40.7 Å². The zero-order valence-corrected chi connectivity index (χ0v) is 12.8. The van der Waals surface area contributed by atoms with E-state index in [0.717, 1.165) is 37.6 Å². The van der Waals surface area contributed by atoms with Crippen molar-refractivity contribution in [1.82, 2.24) is 14.8 Å². The van der Waals surface area contributed by atoms with Crippen LogP contribution in [0.2, 0.25) is 0 Å². The SMILES string of the molecule is Cc1ccc(C)c(C2CCNc3nc(CCCN)nn32)c1. The Morgan fingerprint density at radius 1 is 1.38 bits per heavy atom. The number of anilines is 1. The average Bonchev–Trinajstić information content (AvgIpc) is 2.90. The minimum absolute atomic E-state index is 0.278. The molecule has 0 bridgehead atoms. The number of aryl methyl sites for hydroxylation is 3. The summed E-state index contributed by atoms with van der Waals surface area (Å²) in [5.41, 5.74) is 9.54. The van der Waals surface area contributed by atoms with Gasteiger partial charge >= 0.3 is 0 Å². The Hall–Kier alpha value is -1.88. The summed E-state index contributed by atoms with van der Waals surface area (Å²) in [6.07, 6.45) is 2.81. The van der Waals surface area contributed by atoms with Gasteiger partial charge in [-0.25, -0.2) is 4.68 Å². The normalized spacial score (nSPS) is 17.4. The van der Waals surface area contributed by atoms with Crippen molar-refractivity contribution >= 4 is 5.95 Å². The molecular weight excluding hydrogens is 262 g/mol. The van der Waals surface area contributed by atoms with Crippen molar-refractivity contribution < 1.29 is 0 Å². The summed E-state index contributed by atoms with van der Waals surface area (Å²) < 4.78 is 2.05. The highest BCUT2D eigenvalue weighted by atomic mass is 15.4. The number of hydrogen-bond acceptors (Lipinski definition) is 4. The summed E-state index contributed by atoms with van der Waals surface area (Å²) in [6.45, 7) is 5.92. The lowest BCUT2D eigenvalue weighted by Gasteiger charge is -2.26. The maximum Gasteiger partial charge on any atom is 0.221 e. The lowest BCUT2D eigenvalue weighted by atomic mass is 9.96. The monoisotopic (exact) mass is 285 g/mol. The van der Waals surface area contributed by atoms with Gasteiger partial charge in [-0.15, -0.1) is 0 Å². The first-order valence-electron chi connectivity index (χ1n) is 7.65. The molecule has 5 nitrogen and oxygen atoms in total. The molecule has 1 aliphatic heterocycles. The van der Waals surface area contributed by atoms with Crippen LogP contribution in [0.15, 0.2) is 18.2 Å². The van der Waals surface area contributed by atoms with Crippen LogP contribution in [0.3, 0.4) is 0 Å². The van der Waals surface area contributed by atoms with E-state index in [0.29, 0.717) is 6.54 Å². The van der Waals surface area contributed by atoms with Gasteiger partial charge in [0.25, 0.3) is 0 Å². The standard InChI is InChI=1S/C16H23N5/c1-11-5-6-12(2)13(10-11)14-7-9-18-16-19-15(4-3-8-17)20-21(14)16/h5-6,10,14H,3-4,7-9,17H2,1-2H3,(H,18,19,20). The van der Waals surface area contributed by atoms with Crippen LogP contribution >= 0.6 is 0 Å². The molecule has 3 N–H and O–H groups in total. The predicted molar refractivity (Wildman–Crippen MR) is 84.6 cm³/mol. The summed E-state index contributed by atoms with van der Waals surface area (Å²) in [5, 5.41) is 8.06. The van der Waals surface area contributed by atoms with Gasteiger partial charge in [0.15, 0.2) is 5.82 Å². The second kappa shape index (κ2) is 5.85. The summed E-state index contributed by atoms with van der Waals surface area (Å²) >= 11 is 0. The van der Waals surface area contributed by atoms with Gasteiger partial charge in [-0.1, -0.05) is 23.8 Å². The van der Waals surface area contributed by atoms with Crippen molar-refractivity contribution in [3.63, 3.8) is 0 Å². The van der Waals surface area contributed by atoms with E-state index < -0.39 is 0 Å². The molecule has 0 radical (unpaired) electrons. The maximum atomic E-state index is 5.58. The first kappa shape index (κ1) is 14.1. The fourth-order valence-electron chi connectivity index (χ4n) is 2.92. The molecular formula is C16H23N5. The lowest BCUT2D eigenvalue weighted by Crippen LogP contribution is -2.25. The fourth-order valence-corrected chi connectivity index (χ4v) is 2.92. The maximum absolute atomic E-state index is 5.58. The number of benzene rings is 1. The first-order valence-corrected chi connectivity index (χ1v) is 7.65. The number of fused-ring (bicyclic) bond motifs is 1. The molecule has 5 heteroatoms. The highest BCUT2D eigenvalue weighted by Gasteiger charge is 2.25. The highest BCUT2D eigenvalue weighted by Crippen LogP contribution is 2.30. The smallest absolute Gasteiger partial charge is 0.221 e. The van der Waals surface area contributed by atoms with Crippen molar-refractivity contribution in [1.29, 1.82) is 0 Å². The van der Waals surface area contributed by atoms with Gasteiger partial charge in [-0.05, 0) is 44.4 Å². The summed E-state index contributed by atoms with van der Waals surface area (Å²) in [5.74, 6) is 1.78. The van der Waals surface area contributed by atoms with Crippen LogP contribution in [0, 0.1) is 13.8 Å². The second-order valence-electron chi connectivity index (χ2n) is 5.78. The molecule has 1 aliphatic rings. The number of nitrogens with one attached hydrogen (secondary N) is 1. The zero-order chi connectivity index (χ0) is 14.8. The van der Waals surface area contributed by atoms with Crippen LogP contribution in [0.1, 0.15) is 41.4 Å². The highest BCUT2D eigenvalue weighted by molar-refractivity contribution is 5.38. The number of hydrogen-bond donors (Lipinski definition) is 2. The third kappa shape index (κ3) is 2.78. The molecule has 0 saturated heterocycles. The van der Waals surface area contributed by atoms with Gasteiger partial charge in [0.1, 0.15) is 0 Å². The number of aromatic nitrogens is 3. The third-order valence-corrected chi connectivity index (χ3v) is 4.07. The quantitative estimate of drug-likeness (QED) is 0.903. The van der Waals surface area contributed by atoms with Crippen LogP contribution < -0.4 is 11.1 Å². The largest absolute Gasteiger partial charge is 0.354 e. The molecule has 0 fully saturated rings. The van der Waals surface area contributed by atoms with E-state index in [9.17, 15) is 0 Å². The number of nitrogens with two attached hydrogens (primary N) is 1. The topological polar surface area (TPSA) is 68.8 Å². The van der Waals surface area contributed by atoms with E-state index in [4.69, 9.17) is 10.8 Å². The molecule has 0 saturated carbocycles. The Labute approximate surface area is 125 Å². The van der Waals surface area contributed by atoms with Gasteiger partial charge < -0.3 is 11.1 Å². The summed E-state index contributed by atoms with van der Waals surface area (Å²) in [4.78, 5) is 4.60. The second-order valence-corrected chi connectivity index (χ2v) is 5.78. The zero-order valence-electron chi connectivity index (χ0n) is 12.8. The average molecular weight is 285 g/mol. The molecule has 0 amide bonds. The lowest BCUT2D eigenvalue weighted by molar-refractivity contribution is 0.474. The number of nitrogens with zero attached hydrogens (tertiary/aromatic N) is 3. The van der Waals surface area contributed by atoms with Gasteiger partial charge in [0.05, 0.1) is 6.04 Å². The van der Waals surface area contributed by atoms with Crippen molar-refractivity contribution in [2.24, 2.45) is 5.73 Å². The molecule has 2 aromatic rings. The van der Waals surface area contributed by atoms with Crippen molar-refractivity contribution in [3.8, 4) is 0 Å². The Balaban J connectivity index is 1.96. The van der Waals surface area contributed by atoms with E-state index >= 15 is 0 Å². The first-order chi connectivity index (χ1) is 10.2. The molecule has 2 heterocycles. The van der Waals surface area contributed by atoms with E-state index in [1.165, 1.54) is 16.7 Å². The molecule has 0 spiro atoms. The summed E-state index contributed by atoms with van der Waals surface area (Å²) in [6, 6.07) is 6.91. The molecule has 1 unspecified atom stereocenters. The predicted octanol–water partition coefficient (Wildman–Crippen LogP) is 2.19. The van der Waals surface area contributed by atoms with Crippen LogP contribution in [-0.4, -0.2) is 27.9 Å². The van der Waals surface area contributed by atoms with E-state index in [1.54, 1.807) is 0 Å². The third-order valence-electron chi connectivity index (χ3n) is 4.07.